The largest absolute Gasteiger partial charge is 0.376 e. The molecule has 1 atom stereocenters. The predicted molar refractivity (Wildman–Crippen MR) is 85.0 cm³/mol. The summed E-state index contributed by atoms with van der Waals surface area (Å²) in [6.45, 7) is 5.87. The van der Waals surface area contributed by atoms with Crippen LogP contribution < -0.4 is 5.32 Å². The molecule has 2 aromatic rings. The van der Waals surface area contributed by atoms with E-state index in [2.05, 4.69) is 36.3 Å². The summed E-state index contributed by atoms with van der Waals surface area (Å²) in [6, 6.07) is 10.3. The minimum atomic E-state index is 0.613. The lowest BCUT2D eigenvalue weighted by atomic mass is 10.1. The van der Waals surface area contributed by atoms with Crippen LogP contribution >= 0.6 is 0 Å². The molecule has 1 unspecified atom stereocenters. The van der Waals surface area contributed by atoms with Crippen molar-refractivity contribution in [3.05, 3.63) is 35.9 Å². The third-order valence-electron chi connectivity index (χ3n) is 3.48. The van der Waals surface area contributed by atoms with Crippen LogP contribution in [0.2, 0.25) is 0 Å². The zero-order chi connectivity index (χ0) is 14.4. The molecule has 1 heterocycles. The molecule has 3 heteroatoms. The van der Waals surface area contributed by atoms with E-state index in [0.717, 1.165) is 28.9 Å². The number of hydrogen-bond donors (Lipinski definition) is 1. The van der Waals surface area contributed by atoms with Gasteiger partial charge >= 0.3 is 0 Å². The Morgan fingerprint density at radius 1 is 1.30 bits per heavy atom. The smallest absolute Gasteiger partial charge is 0.131 e. The van der Waals surface area contributed by atoms with Crippen molar-refractivity contribution in [1.82, 2.24) is 4.98 Å². The van der Waals surface area contributed by atoms with E-state index in [0.29, 0.717) is 12.5 Å². The average molecular weight is 272 g/mol. The number of para-hydroxylation sites is 1. The maximum atomic E-state index is 5.85. The summed E-state index contributed by atoms with van der Waals surface area (Å²) in [4.78, 5) is 4.64. The summed E-state index contributed by atoms with van der Waals surface area (Å²) < 4.78 is 5.85. The normalized spacial score (nSPS) is 12.6. The molecule has 0 fully saturated rings. The van der Waals surface area contributed by atoms with Crippen LogP contribution in [0.25, 0.3) is 10.9 Å². The van der Waals surface area contributed by atoms with Gasteiger partial charge in [-0.25, -0.2) is 4.98 Å². The van der Waals surface area contributed by atoms with Gasteiger partial charge in [0.25, 0.3) is 0 Å². The van der Waals surface area contributed by atoms with Crippen LogP contribution in [0.1, 0.15) is 32.3 Å². The van der Waals surface area contributed by atoms with Crippen LogP contribution in [0.4, 0.5) is 5.82 Å². The first-order chi connectivity index (χ1) is 9.74. The van der Waals surface area contributed by atoms with Gasteiger partial charge in [0, 0.05) is 24.6 Å². The first kappa shape index (κ1) is 14.8. The van der Waals surface area contributed by atoms with E-state index in [1.807, 2.05) is 25.2 Å². The molecule has 0 aliphatic heterocycles. The molecule has 0 saturated carbocycles. The van der Waals surface area contributed by atoms with Crippen LogP contribution in [0.5, 0.6) is 0 Å². The number of ether oxygens (including phenoxy) is 1. The third-order valence-corrected chi connectivity index (χ3v) is 3.48. The van der Waals surface area contributed by atoms with Crippen molar-refractivity contribution >= 4 is 16.7 Å². The Labute approximate surface area is 121 Å². The lowest BCUT2D eigenvalue weighted by Crippen LogP contribution is -2.07. The van der Waals surface area contributed by atoms with Crippen LogP contribution in [-0.4, -0.2) is 18.6 Å². The lowest BCUT2D eigenvalue weighted by molar-refractivity contribution is 0.0896. The quantitative estimate of drug-likeness (QED) is 0.819. The highest BCUT2D eigenvalue weighted by molar-refractivity contribution is 5.81. The van der Waals surface area contributed by atoms with Gasteiger partial charge in [0.1, 0.15) is 5.82 Å². The molecule has 1 N–H and O–H groups in total. The number of aromatic nitrogens is 1. The standard InChI is InChI=1S/C17H24N2O/c1-4-7-13(2)11-20-12-15-10-14-8-5-6-9-16(14)19-17(15)18-3/h5-6,8-10,13H,4,7,11-12H2,1-3H3,(H,18,19). The number of benzene rings is 1. The monoisotopic (exact) mass is 272 g/mol. The van der Waals surface area contributed by atoms with Gasteiger partial charge in [-0.3, -0.25) is 0 Å². The molecule has 20 heavy (non-hydrogen) atoms. The SMILES string of the molecule is CCCC(C)COCc1cc2ccccc2nc1NC. The molecule has 0 aliphatic carbocycles. The molecule has 0 saturated heterocycles. The van der Waals surface area contributed by atoms with Crippen molar-refractivity contribution in [1.29, 1.82) is 0 Å². The number of pyridine rings is 1. The van der Waals surface area contributed by atoms with E-state index in [4.69, 9.17) is 4.74 Å². The van der Waals surface area contributed by atoms with Gasteiger partial charge in [-0.15, -0.1) is 0 Å². The number of rotatable bonds is 7. The molecule has 0 amide bonds. The number of fused-ring (bicyclic) bond motifs is 1. The summed E-state index contributed by atoms with van der Waals surface area (Å²) in [5.74, 6) is 1.53. The molecule has 0 bridgehead atoms. The zero-order valence-electron chi connectivity index (χ0n) is 12.6. The van der Waals surface area contributed by atoms with Gasteiger partial charge in [-0.2, -0.15) is 0 Å². The van der Waals surface area contributed by atoms with Gasteiger partial charge in [-0.05, 0) is 24.5 Å². The first-order valence-electron chi connectivity index (χ1n) is 7.38. The number of hydrogen-bond acceptors (Lipinski definition) is 3. The van der Waals surface area contributed by atoms with Crippen LogP contribution in [0.15, 0.2) is 30.3 Å². The van der Waals surface area contributed by atoms with E-state index < -0.39 is 0 Å². The van der Waals surface area contributed by atoms with Crippen molar-refractivity contribution in [3.8, 4) is 0 Å². The molecule has 0 radical (unpaired) electrons. The van der Waals surface area contributed by atoms with Gasteiger partial charge in [-0.1, -0.05) is 38.5 Å². The third kappa shape index (κ3) is 3.70. The average Bonchev–Trinajstić information content (AvgIpc) is 2.46. The molecular formula is C17H24N2O. The molecule has 108 valence electrons. The summed E-state index contributed by atoms with van der Waals surface area (Å²) >= 11 is 0. The summed E-state index contributed by atoms with van der Waals surface area (Å²) in [6.07, 6.45) is 2.43. The summed E-state index contributed by atoms with van der Waals surface area (Å²) in [5, 5.41) is 4.32. The Kier molecular flexibility index (Phi) is 5.36. The van der Waals surface area contributed by atoms with Gasteiger partial charge in [0.05, 0.1) is 12.1 Å². The van der Waals surface area contributed by atoms with Crippen molar-refractivity contribution in [2.45, 2.75) is 33.3 Å². The lowest BCUT2D eigenvalue weighted by Gasteiger charge is -2.13. The van der Waals surface area contributed by atoms with Crippen LogP contribution in [0, 0.1) is 5.92 Å². The molecule has 0 aliphatic rings. The zero-order valence-corrected chi connectivity index (χ0v) is 12.6. The van der Waals surface area contributed by atoms with Gasteiger partial charge in [0.15, 0.2) is 0 Å². The van der Waals surface area contributed by atoms with Crippen molar-refractivity contribution in [2.75, 3.05) is 19.0 Å². The van der Waals surface area contributed by atoms with Crippen molar-refractivity contribution < 1.29 is 4.74 Å². The van der Waals surface area contributed by atoms with Gasteiger partial charge in [0.2, 0.25) is 0 Å². The van der Waals surface area contributed by atoms with Crippen molar-refractivity contribution in [2.24, 2.45) is 5.92 Å². The Morgan fingerprint density at radius 3 is 2.85 bits per heavy atom. The molecule has 1 aromatic heterocycles. The molecule has 0 spiro atoms. The van der Waals surface area contributed by atoms with E-state index in [9.17, 15) is 0 Å². The highest BCUT2D eigenvalue weighted by atomic mass is 16.5. The molecular weight excluding hydrogens is 248 g/mol. The Bertz CT molecular complexity index is 554. The van der Waals surface area contributed by atoms with E-state index in [-0.39, 0.29) is 0 Å². The minimum Gasteiger partial charge on any atom is -0.376 e. The number of anilines is 1. The second-order valence-corrected chi connectivity index (χ2v) is 5.35. The van der Waals surface area contributed by atoms with Crippen LogP contribution in [-0.2, 0) is 11.3 Å². The van der Waals surface area contributed by atoms with E-state index in [1.165, 1.54) is 12.8 Å². The first-order valence-corrected chi connectivity index (χ1v) is 7.38. The van der Waals surface area contributed by atoms with E-state index >= 15 is 0 Å². The maximum Gasteiger partial charge on any atom is 0.131 e. The van der Waals surface area contributed by atoms with Crippen molar-refractivity contribution in [3.63, 3.8) is 0 Å². The molecule has 1 aromatic carbocycles. The highest BCUT2D eigenvalue weighted by Gasteiger charge is 2.07. The fraction of sp³-hybridized carbons (Fsp3) is 0.471. The number of nitrogens with zero attached hydrogens (tertiary/aromatic N) is 1. The number of nitrogens with one attached hydrogen (secondary N) is 1. The summed E-state index contributed by atoms with van der Waals surface area (Å²) in [5.41, 5.74) is 2.13. The van der Waals surface area contributed by atoms with E-state index in [1.54, 1.807) is 0 Å². The second-order valence-electron chi connectivity index (χ2n) is 5.35. The predicted octanol–water partition coefficient (Wildman–Crippen LogP) is 4.23. The fourth-order valence-corrected chi connectivity index (χ4v) is 2.43. The highest BCUT2D eigenvalue weighted by Crippen LogP contribution is 2.21. The minimum absolute atomic E-state index is 0.613. The molecule has 3 nitrogen and oxygen atoms in total. The topological polar surface area (TPSA) is 34.1 Å². The second kappa shape index (κ2) is 7.25. The molecule has 2 rings (SSSR count). The Morgan fingerprint density at radius 2 is 2.10 bits per heavy atom. The Balaban J connectivity index is 2.08. The Hall–Kier alpha value is -1.61. The maximum absolute atomic E-state index is 5.85. The van der Waals surface area contributed by atoms with Crippen LogP contribution in [0.3, 0.4) is 0 Å². The summed E-state index contributed by atoms with van der Waals surface area (Å²) in [7, 11) is 1.90. The fourth-order valence-electron chi connectivity index (χ4n) is 2.43. The van der Waals surface area contributed by atoms with Gasteiger partial charge < -0.3 is 10.1 Å².